The average Bonchev–Trinajstić information content (AvgIpc) is 3.14. The molecule has 9 heteroatoms. The van der Waals surface area contributed by atoms with E-state index in [9.17, 15) is 13.2 Å². The molecule has 2 amide bonds. The third-order valence-corrected chi connectivity index (χ3v) is 5.39. The molecular formula is C17H25N5O3S. The van der Waals surface area contributed by atoms with E-state index < -0.39 is 10.0 Å². The van der Waals surface area contributed by atoms with E-state index in [1.54, 1.807) is 29.6 Å². The van der Waals surface area contributed by atoms with Crippen LogP contribution in [-0.4, -0.2) is 48.5 Å². The second-order valence-corrected chi connectivity index (χ2v) is 7.45. The number of aromatic nitrogens is 2. The van der Waals surface area contributed by atoms with Gasteiger partial charge in [-0.1, -0.05) is 0 Å². The number of nitrogens with one attached hydrogen (secondary N) is 2. The van der Waals surface area contributed by atoms with Gasteiger partial charge in [0.1, 0.15) is 0 Å². The Bertz CT molecular complexity index is 784. The predicted molar refractivity (Wildman–Crippen MR) is 100 cm³/mol. The third kappa shape index (κ3) is 5.57. The number of rotatable bonds is 9. The molecule has 0 atom stereocenters. The van der Waals surface area contributed by atoms with E-state index in [1.807, 2.05) is 24.6 Å². The number of hydrogen-bond donors (Lipinski definition) is 2. The van der Waals surface area contributed by atoms with Gasteiger partial charge in [-0.3, -0.25) is 0 Å². The van der Waals surface area contributed by atoms with Crippen LogP contribution in [-0.2, 0) is 16.6 Å². The molecule has 0 fully saturated rings. The second kappa shape index (κ2) is 9.35. The van der Waals surface area contributed by atoms with Gasteiger partial charge in [0.15, 0.2) is 0 Å². The molecule has 0 bridgehead atoms. The molecule has 0 radical (unpaired) electrons. The minimum Gasteiger partial charge on any atom is -0.337 e. The summed E-state index contributed by atoms with van der Waals surface area (Å²) in [4.78, 5) is 17.8. The molecule has 2 rings (SSSR count). The van der Waals surface area contributed by atoms with Crippen molar-refractivity contribution in [3.05, 3.63) is 43.0 Å². The van der Waals surface area contributed by atoms with Crippen LogP contribution in [0.3, 0.4) is 0 Å². The van der Waals surface area contributed by atoms with E-state index in [2.05, 4.69) is 15.0 Å². The minimum absolute atomic E-state index is 0.168. The van der Waals surface area contributed by atoms with Crippen LogP contribution in [0.1, 0.15) is 20.3 Å². The summed E-state index contributed by atoms with van der Waals surface area (Å²) >= 11 is 0. The lowest BCUT2D eigenvalue weighted by Gasteiger charge is -2.19. The number of carbonyl (C=O) groups excluding carboxylic acids is 1. The normalized spacial score (nSPS) is 11.3. The Balaban J connectivity index is 1.88. The summed E-state index contributed by atoms with van der Waals surface area (Å²) in [6.07, 6.45) is 5.87. The third-order valence-electron chi connectivity index (χ3n) is 3.91. The largest absolute Gasteiger partial charge is 0.337 e. The molecule has 0 aliphatic carbocycles. The number of hydrogen-bond acceptors (Lipinski definition) is 4. The number of nitrogens with zero attached hydrogens (tertiary/aromatic N) is 3. The van der Waals surface area contributed by atoms with Gasteiger partial charge < -0.3 is 14.8 Å². The molecule has 0 saturated heterocycles. The first-order valence-corrected chi connectivity index (χ1v) is 10.1. The molecule has 0 saturated carbocycles. The second-order valence-electron chi connectivity index (χ2n) is 5.68. The molecule has 0 aliphatic rings. The van der Waals surface area contributed by atoms with Gasteiger partial charge in [-0.05, 0) is 44.5 Å². The lowest BCUT2D eigenvalue weighted by atomic mass is 10.3. The molecule has 26 heavy (non-hydrogen) atoms. The standard InChI is InChI=1S/C17H25N5O3S/c1-3-22(4-2)17(23)20-15-6-8-16(9-7-15)26(24,25)19-10-5-12-21-13-11-18-14-21/h6-9,11,13-14,19H,3-5,10,12H2,1-2H3,(H,20,23). The fraction of sp³-hybridized carbons (Fsp3) is 0.412. The first-order valence-electron chi connectivity index (χ1n) is 8.57. The summed E-state index contributed by atoms with van der Waals surface area (Å²) in [5.74, 6) is 0. The lowest BCUT2D eigenvalue weighted by molar-refractivity contribution is 0.217. The smallest absolute Gasteiger partial charge is 0.321 e. The number of sulfonamides is 1. The van der Waals surface area contributed by atoms with Gasteiger partial charge in [-0.2, -0.15) is 0 Å². The van der Waals surface area contributed by atoms with Crippen LogP contribution in [0, 0.1) is 0 Å². The van der Waals surface area contributed by atoms with E-state index in [-0.39, 0.29) is 10.9 Å². The van der Waals surface area contributed by atoms with Gasteiger partial charge in [0, 0.05) is 44.3 Å². The van der Waals surface area contributed by atoms with Crippen molar-refractivity contribution in [2.45, 2.75) is 31.7 Å². The quantitative estimate of drug-likeness (QED) is 0.652. The Morgan fingerprint density at radius 2 is 1.88 bits per heavy atom. The number of aryl methyl sites for hydroxylation is 1. The minimum atomic E-state index is -3.57. The van der Waals surface area contributed by atoms with Gasteiger partial charge >= 0.3 is 6.03 Å². The molecule has 0 spiro atoms. The highest BCUT2D eigenvalue weighted by Gasteiger charge is 2.14. The van der Waals surface area contributed by atoms with Crippen molar-refractivity contribution in [2.24, 2.45) is 0 Å². The van der Waals surface area contributed by atoms with Crippen molar-refractivity contribution in [1.29, 1.82) is 0 Å². The van der Waals surface area contributed by atoms with Crippen molar-refractivity contribution in [2.75, 3.05) is 25.0 Å². The molecule has 0 aliphatic heterocycles. The van der Waals surface area contributed by atoms with Crippen LogP contribution in [0.15, 0.2) is 47.9 Å². The first kappa shape index (κ1) is 19.9. The Morgan fingerprint density at radius 3 is 2.46 bits per heavy atom. The fourth-order valence-electron chi connectivity index (χ4n) is 2.40. The van der Waals surface area contributed by atoms with Crippen LogP contribution in [0.25, 0.3) is 0 Å². The summed E-state index contributed by atoms with van der Waals surface area (Å²) < 4.78 is 29.1. The van der Waals surface area contributed by atoms with Crippen molar-refractivity contribution < 1.29 is 13.2 Å². The van der Waals surface area contributed by atoms with Crippen LogP contribution < -0.4 is 10.0 Å². The van der Waals surface area contributed by atoms with E-state index in [4.69, 9.17) is 0 Å². The van der Waals surface area contributed by atoms with Crippen molar-refractivity contribution in [3.63, 3.8) is 0 Å². The molecule has 1 aromatic carbocycles. The highest BCUT2D eigenvalue weighted by Crippen LogP contribution is 2.14. The summed E-state index contributed by atoms with van der Waals surface area (Å²) in [7, 11) is -3.57. The molecule has 1 heterocycles. The maximum Gasteiger partial charge on any atom is 0.321 e. The van der Waals surface area contributed by atoms with E-state index in [0.29, 0.717) is 38.3 Å². The summed E-state index contributed by atoms with van der Waals surface area (Å²) in [6, 6.07) is 5.93. The Kier molecular flexibility index (Phi) is 7.16. The maximum atomic E-state index is 12.3. The van der Waals surface area contributed by atoms with Crippen LogP contribution >= 0.6 is 0 Å². The zero-order valence-corrected chi connectivity index (χ0v) is 15.9. The monoisotopic (exact) mass is 379 g/mol. The van der Waals surface area contributed by atoms with Gasteiger partial charge in [-0.15, -0.1) is 0 Å². The number of anilines is 1. The molecule has 0 unspecified atom stereocenters. The van der Waals surface area contributed by atoms with Crippen LogP contribution in [0.2, 0.25) is 0 Å². The zero-order valence-electron chi connectivity index (χ0n) is 15.1. The zero-order chi connectivity index (χ0) is 19.0. The van der Waals surface area contributed by atoms with Gasteiger partial charge in [0.2, 0.25) is 10.0 Å². The molecule has 2 aromatic rings. The van der Waals surface area contributed by atoms with Gasteiger partial charge in [0.25, 0.3) is 0 Å². The Hall–Kier alpha value is -2.39. The fourth-order valence-corrected chi connectivity index (χ4v) is 3.48. The molecule has 1 aromatic heterocycles. The number of carbonyl (C=O) groups is 1. The van der Waals surface area contributed by atoms with E-state index in [0.717, 1.165) is 0 Å². The number of imidazole rings is 1. The van der Waals surface area contributed by atoms with Gasteiger partial charge in [-0.25, -0.2) is 22.9 Å². The van der Waals surface area contributed by atoms with Crippen LogP contribution in [0.5, 0.6) is 0 Å². The molecule has 8 nitrogen and oxygen atoms in total. The van der Waals surface area contributed by atoms with Crippen molar-refractivity contribution in [1.82, 2.24) is 19.2 Å². The Labute approximate surface area is 154 Å². The average molecular weight is 379 g/mol. The highest BCUT2D eigenvalue weighted by atomic mass is 32.2. The lowest BCUT2D eigenvalue weighted by Crippen LogP contribution is -2.34. The SMILES string of the molecule is CCN(CC)C(=O)Nc1ccc(S(=O)(=O)NCCCn2ccnc2)cc1. The number of amides is 2. The summed E-state index contributed by atoms with van der Waals surface area (Å²) in [5.41, 5.74) is 0.556. The van der Waals surface area contributed by atoms with Crippen LogP contribution in [0.4, 0.5) is 10.5 Å². The molecule has 2 N–H and O–H groups in total. The van der Waals surface area contributed by atoms with E-state index in [1.165, 1.54) is 12.1 Å². The first-order chi connectivity index (χ1) is 12.5. The Morgan fingerprint density at radius 1 is 1.19 bits per heavy atom. The number of benzene rings is 1. The topological polar surface area (TPSA) is 96.3 Å². The highest BCUT2D eigenvalue weighted by molar-refractivity contribution is 7.89. The molecule has 142 valence electrons. The van der Waals surface area contributed by atoms with Crippen molar-refractivity contribution >= 4 is 21.7 Å². The predicted octanol–water partition coefficient (Wildman–Crippen LogP) is 2.13. The number of urea groups is 1. The maximum absolute atomic E-state index is 12.3. The molecular weight excluding hydrogens is 354 g/mol. The van der Waals surface area contributed by atoms with E-state index >= 15 is 0 Å². The summed E-state index contributed by atoms with van der Waals surface area (Å²) in [6.45, 7) is 6.05. The summed E-state index contributed by atoms with van der Waals surface area (Å²) in [5, 5.41) is 2.75. The van der Waals surface area contributed by atoms with Gasteiger partial charge in [0.05, 0.1) is 11.2 Å². The van der Waals surface area contributed by atoms with Crippen molar-refractivity contribution in [3.8, 4) is 0 Å².